The smallest absolute Gasteiger partial charge is 0.227 e. The topological polar surface area (TPSA) is 71.0 Å². The molecule has 0 radical (unpaired) electrons. The Kier molecular flexibility index (Phi) is 6.26. The number of rotatable bonds is 4. The maximum Gasteiger partial charge on any atom is 0.227 e. The van der Waals surface area contributed by atoms with E-state index in [1.807, 2.05) is 11.0 Å². The number of hydrogen-bond donors (Lipinski definition) is 0. The third-order valence-electron chi connectivity index (χ3n) is 6.27. The highest BCUT2D eigenvalue weighted by Gasteiger charge is 2.34. The van der Waals surface area contributed by atoms with E-state index >= 15 is 0 Å². The van der Waals surface area contributed by atoms with Crippen LogP contribution in [0, 0.1) is 5.92 Å². The SMILES string of the molecule is COc1cc(N2CCC(N3CCCC(C(=O)N4CCOCC4)C3)CC2)ncn1. The lowest BCUT2D eigenvalue weighted by Gasteiger charge is -2.43. The first-order valence-electron chi connectivity index (χ1n) is 10.5. The van der Waals surface area contributed by atoms with Gasteiger partial charge in [0.05, 0.1) is 26.2 Å². The number of nitrogens with zero attached hydrogens (tertiary/aromatic N) is 5. The molecule has 4 heterocycles. The minimum absolute atomic E-state index is 0.149. The molecule has 1 amide bonds. The van der Waals surface area contributed by atoms with E-state index < -0.39 is 0 Å². The summed E-state index contributed by atoms with van der Waals surface area (Å²) in [5.74, 6) is 2.02. The molecule has 0 N–H and O–H groups in total. The summed E-state index contributed by atoms with van der Waals surface area (Å²) >= 11 is 0. The van der Waals surface area contributed by atoms with Gasteiger partial charge in [0.2, 0.25) is 11.8 Å². The van der Waals surface area contributed by atoms with E-state index in [2.05, 4.69) is 19.8 Å². The Hall–Kier alpha value is -1.93. The zero-order valence-corrected chi connectivity index (χ0v) is 16.8. The lowest BCUT2D eigenvalue weighted by molar-refractivity contribution is -0.141. The summed E-state index contributed by atoms with van der Waals surface area (Å²) in [6, 6.07) is 2.46. The molecule has 0 aliphatic carbocycles. The van der Waals surface area contributed by atoms with Crippen molar-refractivity contribution in [1.29, 1.82) is 0 Å². The molecule has 3 aliphatic rings. The number of piperidine rings is 2. The molecule has 1 unspecified atom stereocenters. The van der Waals surface area contributed by atoms with Gasteiger partial charge in [-0.2, -0.15) is 0 Å². The summed E-state index contributed by atoms with van der Waals surface area (Å²) in [4.78, 5) is 28.2. The van der Waals surface area contributed by atoms with Gasteiger partial charge < -0.3 is 19.3 Å². The molecule has 28 heavy (non-hydrogen) atoms. The zero-order valence-electron chi connectivity index (χ0n) is 16.8. The van der Waals surface area contributed by atoms with E-state index in [1.165, 1.54) is 0 Å². The second kappa shape index (κ2) is 9.05. The van der Waals surface area contributed by atoms with Crippen molar-refractivity contribution in [3.63, 3.8) is 0 Å². The maximum absolute atomic E-state index is 12.9. The molecule has 0 aromatic carbocycles. The van der Waals surface area contributed by atoms with Gasteiger partial charge in [-0.05, 0) is 32.2 Å². The second-order valence-corrected chi connectivity index (χ2v) is 7.91. The van der Waals surface area contributed by atoms with E-state index in [0.717, 1.165) is 70.8 Å². The second-order valence-electron chi connectivity index (χ2n) is 7.91. The Morgan fingerprint density at radius 2 is 1.89 bits per heavy atom. The van der Waals surface area contributed by atoms with E-state index in [0.29, 0.717) is 31.0 Å². The predicted molar refractivity (Wildman–Crippen MR) is 106 cm³/mol. The van der Waals surface area contributed by atoms with E-state index in [-0.39, 0.29) is 5.92 Å². The minimum atomic E-state index is 0.149. The lowest BCUT2D eigenvalue weighted by Crippen LogP contribution is -2.52. The standard InChI is InChI=1S/C20H31N5O3/c1-27-19-13-18(21-15-22-19)23-7-4-17(5-8-23)25-6-2-3-16(14-25)20(26)24-9-11-28-12-10-24/h13,15-17H,2-12,14H2,1H3. The van der Waals surface area contributed by atoms with E-state index in [1.54, 1.807) is 13.4 Å². The van der Waals surface area contributed by atoms with Gasteiger partial charge in [0, 0.05) is 44.8 Å². The highest BCUT2D eigenvalue weighted by Crippen LogP contribution is 2.27. The average molecular weight is 390 g/mol. The van der Waals surface area contributed by atoms with Gasteiger partial charge >= 0.3 is 0 Å². The average Bonchev–Trinajstić information content (AvgIpc) is 2.79. The van der Waals surface area contributed by atoms with Crippen molar-refractivity contribution in [2.24, 2.45) is 5.92 Å². The van der Waals surface area contributed by atoms with Gasteiger partial charge in [0.1, 0.15) is 12.1 Å². The first-order valence-corrected chi connectivity index (χ1v) is 10.5. The van der Waals surface area contributed by atoms with Crippen LogP contribution in [-0.2, 0) is 9.53 Å². The van der Waals surface area contributed by atoms with E-state index in [9.17, 15) is 4.79 Å². The maximum atomic E-state index is 12.9. The minimum Gasteiger partial charge on any atom is -0.481 e. The van der Waals surface area contributed by atoms with Gasteiger partial charge in [-0.3, -0.25) is 9.69 Å². The normalized spacial score (nSPS) is 25.0. The molecule has 154 valence electrons. The molecular weight excluding hydrogens is 358 g/mol. The van der Waals surface area contributed by atoms with Crippen LogP contribution in [0.1, 0.15) is 25.7 Å². The van der Waals surface area contributed by atoms with Gasteiger partial charge in [0.25, 0.3) is 0 Å². The Labute approximate surface area is 166 Å². The molecule has 3 saturated heterocycles. The first kappa shape index (κ1) is 19.4. The molecule has 1 aromatic heterocycles. The summed E-state index contributed by atoms with van der Waals surface area (Å²) in [5, 5.41) is 0. The van der Waals surface area contributed by atoms with Gasteiger partial charge in [0.15, 0.2) is 0 Å². The molecule has 4 rings (SSSR count). The van der Waals surface area contributed by atoms with Crippen LogP contribution < -0.4 is 9.64 Å². The van der Waals surface area contributed by atoms with E-state index in [4.69, 9.17) is 9.47 Å². The van der Waals surface area contributed by atoms with Crippen molar-refractivity contribution in [1.82, 2.24) is 19.8 Å². The van der Waals surface area contributed by atoms with Crippen molar-refractivity contribution in [2.75, 3.05) is 64.5 Å². The Balaban J connectivity index is 1.30. The van der Waals surface area contributed by atoms with Crippen LogP contribution in [0.4, 0.5) is 5.82 Å². The Morgan fingerprint density at radius 3 is 2.64 bits per heavy atom. The number of aromatic nitrogens is 2. The fraction of sp³-hybridized carbons (Fsp3) is 0.750. The molecule has 1 aromatic rings. The number of methoxy groups -OCH3 is 1. The molecule has 1 atom stereocenters. The molecule has 3 fully saturated rings. The van der Waals surface area contributed by atoms with Crippen molar-refractivity contribution >= 4 is 11.7 Å². The molecule has 0 spiro atoms. The van der Waals surface area contributed by atoms with Crippen molar-refractivity contribution < 1.29 is 14.3 Å². The predicted octanol–water partition coefficient (Wildman–Crippen LogP) is 1.02. The lowest BCUT2D eigenvalue weighted by atomic mass is 9.92. The third kappa shape index (κ3) is 4.38. The van der Waals surface area contributed by atoms with Crippen LogP contribution in [0.3, 0.4) is 0 Å². The van der Waals surface area contributed by atoms with Crippen LogP contribution in [-0.4, -0.2) is 91.3 Å². The van der Waals surface area contributed by atoms with Gasteiger partial charge in [-0.1, -0.05) is 0 Å². The highest BCUT2D eigenvalue weighted by molar-refractivity contribution is 5.79. The summed E-state index contributed by atoms with van der Waals surface area (Å²) < 4.78 is 10.6. The number of anilines is 1. The number of amides is 1. The van der Waals surface area contributed by atoms with Gasteiger partial charge in [-0.25, -0.2) is 9.97 Å². The van der Waals surface area contributed by atoms with Crippen LogP contribution in [0.5, 0.6) is 5.88 Å². The summed E-state index contributed by atoms with van der Waals surface area (Å²) in [7, 11) is 1.63. The number of ether oxygens (including phenoxy) is 2. The van der Waals surface area contributed by atoms with Crippen molar-refractivity contribution in [3.8, 4) is 5.88 Å². The molecule has 3 aliphatic heterocycles. The largest absolute Gasteiger partial charge is 0.481 e. The monoisotopic (exact) mass is 389 g/mol. The Morgan fingerprint density at radius 1 is 1.11 bits per heavy atom. The molecule has 8 heteroatoms. The van der Waals surface area contributed by atoms with Crippen molar-refractivity contribution in [2.45, 2.75) is 31.7 Å². The molecule has 0 saturated carbocycles. The van der Waals surface area contributed by atoms with Crippen LogP contribution in [0.2, 0.25) is 0 Å². The highest BCUT2D eigenvalue weighted by atomic mass is 16.5. The number of hydrogen-bond acceptors (Lipinski definition) is 7. The summed E-state index contributed by atoms with van der Waals surface area (Å²) in [6.45, 7) is 6.81. The zero-order chi connectivity index (χ0) is 19.3. The number of likely N-dealkylation sites (tertiary alicyclic amines) is 1. The molecule has 0 bridgehead atoms. The number of carbonyl (C=O) groups excluding carboxylic acids is 1. The fourth-order valence-electron chi connectivity index (χ4n) is 4.66. The van der Waals surface area contributed by atoms with Crippen LogP contribution in [0.25, 0.3) is 0 Å². The fourth-order valence-corrected chi connectivity index (χ4v) is 4.66. The quantitative estimate of drug-likeness (QED) is 0.761. The van der Waals surface area contributed by atoms with Gasteiger partial charge in [-0.15, -0.1) is 0 Å². The Bertz CT molecular complexity index is 659. The first-order chi connectivity index (χ1) is 13.7. The third-order valence-corrected chi connectivity index (χ3v) is 6.27. The van der Waals surface area contributed by atoms with Crippen LogP contribution >= 0.6 is 0 Å². The molecule has 8 nitrogen and oxygen atoms in total. The number of morpholine rings is 1. The van der Waals surface area contributed by atoms with Crippen molar-refractivity contribution in [3.05, 3.63) is 12.4 Å². The summed E-state index contributed by atoms with van der Waals surface area (Å²) in [6.07, 6.45) is 5.90. The summed E-state index contributed by atoms with van der Waals surface area (Å²) in [5.41, 5.74) is 0. The molecular formula is C20H31N5O3. The van der Waals surface area contributed by atoms with Crippen LogP contribution in [0.15, 0.2) is 12.4 Å². The number of carbonyl (C=O) groups is 1.